The molecule has 2 N–H and O–H groups in total. The van der Waals surface area contributed by atoms with Crippen molar-refractivity contribution in [1.82, 2.24) is 0 Å². The Kier molecular flexibility index (Phi) is 4.17. The van der Waals surface area contributed by atoms with Crippen LogP contribution in [-0.4, -0.2) is 0 Å². The first-order valence-corrected chi connectivity index (χ1v) is 6.42. The minimum atomic E-state index is -0.394. The van der Waals surface area contributed by atoms with Crippen LogP contribution in [0, 0.1) is 5.82 Å². The molecule has 0 heterocycles. The molecule has 100 valence electrons. The van der Waals surface area contributed by atoms with E-state index in [2.05, 4.69) is 6.92 Å². The van der Waals surface area contributed by atoms with E-state index in [0.717, 1.165) is 12.0 Å². The van der Waals surface area contributed by atoms with Gasteiger partial charge in [-0.1, -0.05) is 25.1 Å². The quantitative estimate of drug-likeness (QED) is 0.893. The zero-order chi connectivity index (χ0) is 13.8. The first-order valence-electron chi connectivity index (χ1n) is 6.42. The molecule has 3 heteroatoms. The molecule has 1 atom stereocenters. The van der Waals surface area contributed by atoms with Gasteiger partial charge in [-0.05, 0) is 48.7 Å². The number of hydrogen-bond donors (Lipinski definition) is 1. The van der Waals surface area contributed by atoms with Crippen LogP contribution in [0.3, 0.4) is 0 Å². The van der Waals surface area contributed by atoms with Gasteiger partial charge in [-0.3, -0.25) is 0 Å². The molecule has 0 bridgehead atoms. The second kappa shape index (κ2) is 5.85. The second-order valence-corrected chi connectivity index (χ2v) is 4.58. The maximum absolute atomic E-state index is 13.9. The largest absolute Gasteiger partial charge is 0.454 e. The van der Waals surface area contributed by atoms with Gasteiger partial charge in [-0.2, -0.15) is 0 Å². The van der Waals surface area contributed by atoms with E-state index in [1.54, 1.807) is 12.1 Å². The average molecular weight is 259 g/mol. The summed E-state index contributed by atoms with van der Waals surface area (Å²) in [7, 11) is 0. The maximum atomic E-state index is 13.9. The molecular formula is C16H18FNO. The molecule has 0 aliphatic heterocycles. The van der Waals surface area contributed by atoms with Gasteiger partial charge in [0, 0.05) is 6.04 Å². The lowest BCUT2D eigenvalue weighted by Gasteiger charge is -2.10. The molecule has 0 aromatic heterocycles. The number of nitrogens with two attached hydrogens (primary N) is 1. The van der Waals surface area contributed by atoms with Crippen LogP contribution in [0.2, 0.25) is 0 Å². The molecule has 0 spiro atoms. The Morgan fingerprint density at radius 3 is 2.37 bits per heavy atom. The van der Waals surface area contributed by atoms with E-state index < -0.39 is 5.82 Å². The molecule has 0 radical (unpaired) electrons. The standard InChI is InChI=1S/C16H18FNO/c1-3-12-4-7-14(8-5-12)19-16-9-6-13(11(2)18)10-15(16)17/h4-11H,3,18H2,1-2H3. The first-order chi connectivity index (χ1) is 9.10. The van der Waals surface area contributed by atoms with Gasteiger partial charge in [-0.15, -0.1) is 0 Å². The monoisotopic (exact) mass is 259 g/mol. The van der Waals surface area contributed by atoms with Crippen molar-refractivity contribution in [2.45, 2.75) is 26.3 Å². The van der Waals surface area contributed by atoms with Crippen molar-refractivity contribution in [3.63, 3.8) is 0 Å². The molecule has 1 unspecified atom stereocenters. The fourth-order valence-electron chi connectivity index (χ4n) is 1.80. The van der Waals surface area contributed by atoms with Crippen LogP contribution >= 0.6 is 0 Å². The molecule has 2 aromatic carbocycles. The molecule has 0 amide bonds. The molecule has 2 rings (SSSR count). The molecule has 0 fully saturated rings. The molecule has 2 aromatic rings. The zero-order valence-electron chi connectivity index (χ0n) is 11.2. The van der Waals surface area contributed by atoms with Gasteiger partial charge in [0.1, 0.15) is 5.75 Å². The summed E-state index contributed by atoms with van der Waals surface area (Å²) < 4.78 is 19.4. The molecule has 0 aliphatic rings. The summed E-state index contributed by atoms with van der Waals surface area (Å²) >= 11 is 0. The lowest BCUT2D eigenvalue weighted by Crippen LogP contribution is -2.05. The van der Waals surface area contributed by atoms with Crippen molar-refractivity contribution in [2.75, 3.05) is 0 Å². The van der Waals surface area contributed by atoms with Crippen molar-refractivity contribution in [3.8, 4) is 11.5 Å². The molecule has 2 nitrogen and oxygen atoms in total. The van der Waals surface area contributed by atoms with Crippen LogP contribution in [0.1, 0.15) is 31.0 Å². The summed E-state index contributed by atoms with van der Waals surface area (Å²) in [6.45, 7) is 3.90. The lowest BCUT2D eigenvalue weighted by atomic mass is 10.1. The highest BCUT2D eigenvalue weighted by Gasteiger charge is 2.08. The smallest absolute Gasteiger partial charge is 0.166 e. The van der Waals surface area contributed by atoms with Gasteiger partial charge in [-0.25, -0.2) is 4.39 Å². The van der Waals surface area contributed by atoms with Gasteiger partial charge in [0.15, 0.2) is 11.6 Å². The summed E-state index contributed by atoms with van der Waals surface area (Å²) in [5.41, 5.74) is 7.69. The van der Waals surface area contributed by atoms with E-state index in [1.165, 1.54) is 11.6 Å². The topological polar surface area (TPSA) is 35.2 Å². The van der Waals surface area contributed by atoms with E-state index in [0.29, 0.717) is 5.75 Å². The van der Waals surface area contributed by atoms with Crippen LogP contribution in [0.15, 0.2) is 42.5 Å². The maximum Gasteiger partial charge on any atom is 0.166 e. The Morgan fingerprint density at radius 1 is 1.16 bits per heavy atom. The number of halogens is 1. The SMILES string of the molecule is CCc1ccc(Oc2ccc(C(C)N)cc2F)cc1. The fourth-order valence-corrected chi connectivity index (χ4v) is 1.80. The minimum absolute atomic E-state index is 0.188. The number of benzene rings is 2. The highest BCUT2D eigenvalue weighted by Crippen LogP contribution is 2.26. The highest BCUT2D eigenvalue weighted by atomic mass is 19.1. The van der Waals surface area contributed by atoms with E-state index in [9.17, 15) is 4.39 Å². The van der Waals surface area contributed by atoms with Crippen LogP contribution in [0.25, 0.3) is 0 Å². The van der Waals surface area contributed by atoms with Crippen molar-refractivity contribution < 1.29 is 9.13 Å². The third kappa shape index (κ3) is 3.32. The molecular weight excluding hydrogens is 241 g/mol. The molecule has 19 heavy (non-hydrogen) atoms. The van der Waals surface area contributed by atoms with Crippen LogP contribution in [0.4, 0.5) is 4.39 Å². The Labute approximate surface area is 113 Å². The summed E-state index contributed by atoms with van der Waals surface area (Å²) in [4.78, 5) is 0. The number of ether oxygens (including phenoxy) is 1. The third-order valence-electron chi connectivity index (χ3n) is 3.04. The fraction of sp³-hybridized carbons (Fsp3) is 0.250. The minimum Gasteiger partial charge on any atom is -0.454 e. The van der Waals surface area contributed by atoms with Crippen molar-refractivity contribution in [3.05, 3.63) is 59.4 Å². The van der Waals surface area contributed by atoms with Crippen LogP contribution in [0.5, 0.6) is 11.5 Å². The predicted octanol–water partition coefficient (Wildman–Crippen LogP) is 4.20. The lowest BCUT2D eigenvalue weighted by molar-refractivity contribution is 0.441. The Morgan fingerprint density at radius 2 is 1.84 bits per heavy atom. The molecule has 0 saturated carbocycles. The Hall–Kier alpha value is -1.87. The van der Waals surface area contributed by atoms with Crippen LogP contribution in [-0.2, 0) is 6.42 Å². The highest BCUT2D eigenvalue weighted by molar-refractivity contribution is 5.36. The van der Waals surface area contributed by atoms with Crippen molar-refractivity contribution in [2.24, 2.45) is 5.73 Å². The van der Waals surface area contributed by atoms with Crippen LogP contribution < -0.4 is 10.5 Å². The normalized spacial score (nSPS) is 12.2. The second-order valence-electron chi connectivity index (χ2n) is 4.58. The van der Waals surface area contributed by atoms with Gasteiger partial charge in [0.2, 0.25) is 0 Å². The molecule has 0 saturated heterocycles. The number of hydrogen-bond acceptors (Lipinski definition) is 2. The van der Waals surface area contributed by atoms with E-state index >= 15 is 0 Å². The average Bonchev–Trinajstić information content (AvgIpc) is 2.41. The number of rotatable bonds is 4. The van der Waals surface area contributed by atoms with Gasteiger partial charge in [0.25, 0.3) is 0 Å². The van der Waals surface area contributed by atoms with Gasteiger partial charge >= 0.3 is 0 Å². The van der Waals surface area contributed by atoms with Gasteiger partial charge < -0.3 is 10.5 Å². The summed E-state index contributed by atoms with van der Waals surface area (Å²) in [6.07, 6.45) is 0.970. The van der Waals surface area contributed by atoms with Crippen molar-refractivity contribution in [1.29, 1.82) is 0 Å². The van der Waals surface area contributed by atoms with Gasteiger partial charge in [0.05, 0.1) is 0 Å². The zero-order valence-corrected chi connectivity index (χ0v) is 11.2. The Bertz CT molecular complexity index is 549. The summed E-state index contributed by atoms with van der Waals surface area (Å²) in [5, 5.41) is 0. The van der Waals surface area contributed by atoms with E-state index in [-0.39, 0.29) is 11.8 Å². The first kappa shape index (κ1) is 13.6. The number of aryl methyl sites for hydroxylation is 1. The molecule has 0 aliphatic carbocycles. The Balaban J connectivity index is 2.18. The summed E-state index contributed by atoms with van der Waals surface area (Å²) in [5.74, 6) is 0.452. The third-order valence-corrected chi connectivity index (χ3v) is 3.04. The summed E-state index contributed by atoms with van der Waals surface area (Å²) in [6, 6.07) is 12.3. The van der Waals surface area contributed by atoms with Crippen molar-refractivity contribution >= 4 is 0 Å². The van der Waals surface area contributed by atoms with E-state index in [1.807, 2.05) is 31.2 Å². The predicted molar refractivity (Wildman–Crippen MR) is 74.9 cm³/mol. The van der Waals surface area contributed by atoms with E-state index in [4.69, 9.17) is 10.5 Å².